The summed E-state index contributed by atoms with van der Waals surface area (Å²) >= 11 is 1.39. The van der Waals surface area contributed by atoms with Gasteiger partial charge in [-0.1, -0.05) is 11.3 Å². The minimum atomic E-state index is -0.418. The third-order valence-corrected chi connectivity index (χ3v) is 5.27. The predicted octanol–water partition coefficient (Wildman–Crippen LogP) is 1.31. The molecule has 21 heavy (non-hydrogen) atoms. The number of rotatable bonds is 2. The highest BCUT2D eigenvalue weighted by Crippen LogP contribution is 2.31. The second-order valence-corrected chi connectivity index (χ2v) is 6.78. The van der Waals surface area contributed by atoms with Gasteiger partial charge in [0.1, 0.15) is 10.7 Å². The van der Waals surface area contributed by atoms with Crippen LogP contribution in [0.25, 0.3) is 0 Å². The molecule has 0 saturated carbocycles. The molecule has 3 heterocycles. The Hall–Kier alpha value is -1.34. The first kappa shape index (κ1) is 14.6. The second-order valence-electron chi connectivity index (χ2n) is 5.81. The van der Waals surface area contributed by atoms with Gasteiger partial charge in [-0.3, -0.25) is 4.79 Å². The molecule has 7 heteroatoms. The average molecular weight is 310 g/mol. The van der Waals surface area contributed by atoms with Gasteiger partial charge in [0.15, 0.2) is 5.13 Å². The number of nitrogens with two attached hydrogens (primary N) is 1. The number of nitrogen functional groups attached to an aromatic ring is 1. The number of likely N-dealkylation sites (tertiary alicyclic amines) is 1. The van der Waals surface area contributed by atoms with Crippen LogP contribution in [0.1, 0.15) is 41.8 Å². The van der Waals surface area contributed by atoms with Gasteiger partial charge in [0.05, 0.1) is 6.10 Å². The summed E-state index contributed by atoms with van der Waals surface area (Å²) in [6, 6.07) is 0. The molecule has 6 nitrogen and oxygen atoms in total. The molecule has 3 rings (SSSR count). The molecule has 3 N–H and O–H groups in total. The number of thiazole rings is 1. The van der Waals surface area contributed by atoms with Crippen LogP contribution in [0.5, 0.6) is 0 Å². The molecule has 116 valence electrons. The largest absolute Gasteiger partial charge is 0.391 e. The summed E-state index contributed by atoms with van der Waals surface area (Å²) in [4.78, 5) is 21.4. The van der Waals surface area contributed by atoms with Crippen molar-refractivity contribution in [2.24, 2.45) is 0 Å². The van der Waals surface area contributed by atoms with Gasteiger partial charge in [-0.25, -0.2) is 4.98 Å². The second kappa shape index (κ2) is 6.19. The van der Waals surface area contributed by atoms with Crippen LogP contribution in [0.2, 0.25) is 0 Å². The quantitative estimate of drug-likeness (QED) is 0.860. The molecule has 1 atom stereocenters. The first-order chi connectivity index (χ1) is 10.1. The SMILES string of the molecule is Nc1nc(N2CCCCC2)sc1C(=O)N1CCCC(O)C1. The van der Waals surface area contributed by atoms with Gasteiger partial charge < -0.3 is 20.6 Å². The van der Waals surface area contributed by atoms with Crippen molar-refractivity contribution in [3.05, 3.63) is 4.88 Å². The van der Waals surface area contributed by atoms with Crippen molar-refractivity contribution in [3.8, 4) is 0 Å². The van der Waals surface area contributed by atoms with Gasteiger partial charge in [-0.05, 0) is 32.1 Å². The Balaban J connectivity index is 1.75. The van der Waals surface area contributed by atoms with E-state index in [1.807, 2.05) is 0 Å². The highest BCUT2D eigenvalue weighted by Gasteiger charge is 2.27. The molecule has 0 radical (unpaired) electrons. The lowest BCUT2D eigenvalue weighted by atomic mass is 10.1. The zero-order chi connectivity index (χ0) is 14.8. The topological polar surface area (TPSA) is 82.7 Å². The Morgan fingerprint density at radius 1 is 1.24 bits per heavy atom. The Kier molecular flexibility index (Phi) is 4.30. The molecule has 0 spiro atoms. The fourth-order valence-corrected chi connectivity index (χ4v) is 3.98. The van der Waals surface area contributed by atoms with E-state index in [1.165, 1.54) is 30.6 Å². The molecular formula is C14H22N4O2S. The lowest BCUT2D eigenvalue weighted by Gasteiger charge is -2.29. The summed E-state index contributed by atoms with van der Waals surface area (Å²) in [7, 11) is 0. The fraction of sp³-hybridized carbons (Fsp3) is 0.714. The van der Waals surface area contributed by atoms with Crippen LogP contribution in [-0.4, -0.2) is 53.2 Å². The number of amides is 1. The lowest BCUT2D eigenvalue weighted by molar-refractivity contribution is 0.0478. The molecule has 1 unspecified atom stereocenters. The minimum Gasteiger partial charge on any atom is -0.391 e. The number of aromatic nitrogens is 1. The van der Waals surface area contributed by atoms with Crippen molar-refractivity contribution >= 4 is 28.2 Å². The summed E-state index contributed by atoms with van der Waals surface area (Å²) in [6.07, 6.45) is 4.78. The van der Waals surface area contributed by atoms with Gasteiger partial charge in [0, 0.05) is 26.2 Å². The van der Waals surface area contributed by atoms with E-state index in [0.717, 1.165) is 31.1 Å². The van der Waals surface area contributed by atoms with E-state index in [9.17, 15) is 9.90 Å². The summed E-state index contributed by atoms with van der Waals surface area (Å²) in [5.41, 5.74) is 5.95. The van der Waals surface area contributed by atoms with E-state index in [0.29, 0.717) is 23.8 Å². The highest BCUT2D eigenvalue weighted by atomic mass is 32.1. The molecule has 2 aliphatic heterocycles. The molecule has 2 aliphatic rings. The number of aliphatic hydroxyl groups is 1. The molecule has 0 aromatic carbocycles. The van der Waals surface area contributed by atoms with Crippen LogP contribution in [0.4, 0.5) is 10.9 Å². The smallest absolute Gasteiger partial charge is 0.267 e. The number of anilines is 2. The van der Waals surface area contributed by atoms with E-state index in [4.69, 9.17) is 5.73 Å². The van der Waals surface area contributed by atoms with E-state index in [1.54, 1.807) is 4.90 Å². The van der Waals surface area contributed by atoms with Gasteiger partial charge in [0.25, 0.3) is 5.91 Å². The van der Waals surface area contributed by atoms with Crippen molar-refractivity contribution in [1.29, 1.82) is 0 Å². The maximum Gasteiger partial charge on any atom is 0.267 e. The van der Waals surface area contributed by atoms with Crippen LogP contribution in [0.3, 0.4) is 0 Å². The number of hydrogen-bond donors (Lipinski definition) is 2. The van der Waals surface area contributed by atoms with Crippen molar-refractivity contribution in [2.45, 2.75) is 38.2 Å². The zero-order valence-electron chi connectivity index (χ0n) is 12.1. The molecule has 2 fully saturated rings. The number of carbonyl (C=O) groups is 1. The normalized spacial score (nSPS) is 23.4. The lowest BCUT2D eigenvalue weighted by Crippen LogP contribution is -2.42. The molecule has 1 aromatic heterocycles. The zero-order valence-corrected chi connectivity index (χ0v) is 12.9. The summed E-state index contributed by atoms with van der Waals surface area (Å²) < 4.78 is 0. The molecule has 0 bridgehead atoms. The first-order valence-electron chi connectivity index (χ1n) is 7.64. The van der Waals surface area contributed by atoms with Crippen molar-refractivity contribution in [2.75, 3.05) is 36.8 Å². The van der Waals surface area contributed by atoms with Crippen molar-refractivity contribution in [1.82, 2.24) is 9.88 Å². The number of piperidine rings is 2. The number of nitrogens with zero attached hydrogens (tertiary/aromatic N) is 3. The van der Waals surface area contributed by atoms with Crippen molar-refractivity contribution in [3.63, 3.8) is 0 Å². The van der Waals surface area contributed by atoms with E-state index >= 15 is 0 Å². The fourth-order valence-electron chi connectivity index (χ4n) is 2.98. The van der Waals surface area contributed by atoms with Crippen LogP contribution in [0, 0.1) is 0 Å². The average Bonchev–Trinajstić information content (AvgIpc) is 2.89. The van der Waals surface area contributed by atoms with E-state index in [-0.39, 0.29) is 5.91 Å². The van der Waals surface area contributed by atoms with Crippen LogP contribution in [0.15, 0.2) is 0 Å². The van der Waals surface area contributed by atoms with Crippen LogP contribution >= 0.6 is 11.3 Å². The molecular weight excluding hydrogens is 288 g/mol. The summed E-state index contributed by atoms with van der Waals surface area (Å²) in [5, 5.41) is 10.6. The maximum atomic E-state index is 12.5. The Morgan fingerprint density at radius 2 is 2.00 bits per heavy atom. The molecule has 1 amide bonds. The number of aliphatic hydroxyl groups excluding tert-OH is 1. The Labute approximate surface area is 128 Å². The van der Waals surface area contributed by atoms with Crippen LogP contribution in [-0.2, 0) is 0 Å². The van der Waals surface area contributed by atoms with Gasteiger partial charge in [-0.15, -0.1) is 0 Å². The predicted molar refractivity (Wildman–Crippen MR) is 83.7 cm³/mol. The Morgan fingerprint density at radius 3 is 2.71 bits per heavy atom. The van der Waals surface area contributed by atoms with E-state index in [2.05, 4.69) is 9.88 Å². The van der Waals surface area contributed by atoms with Gasteiger partial charge in [0.2, 0.25) is 0 Å². The van der Waals surface area contributed by atoms with Gasteiger partial charge >= 0.3 is 0 Å². The van der Waals surface area contributed by atoms with Crippen LogP contribution < -0.4 is 10.6 Å². The third kappa shape index (κ3) is 3.13. The summed E-state index contributed by atoms with van der Waals surface area (Å²) in [5.74, 6) is 0.234. The highest BCUT2D eigenvalue weighted by molar-refractivity contribution is 7.18. The monoisotopic (exact) mass is 310 g/mol. The van der Waals surface area contributed by atoms with Gasteiger partial charge in [-0.2, -0.15) is 0 Å². The first-order valence-corrected chi connectivity index (χ1v) is 8.45. The molecule has 2 saturated heterocycles. The molecule has 0 aliphatic carbocycles. The standard InChI is InChI=1S/C14H22N4O2S/c15-12-11(13(20)18-8-4-5-10(19)9-18)21-14(16-12)17-6-2-1-3-7-17/h10,19H,1-9,15H2. The Bertz CT molecular complexity index is 513. The summed E-state index contributed by atoms with van der Waals surface area (Å²) in [6.45, 7) is 3.06. The minimum absolute atomic E-state index is 0.0907. The number of hydrogen-bond acceptors (Lipinski definition) is 6. The third-order valence-electron chi connectivity index (χ3n) is 4.15. The van der Waals surface area contributed by atoms with Crippen molar-refractivity contribution < 1.29 is 9.90 Å². The number of carbonyl (C=O) groups excluding carboxylic acids is 1. The maximum absolute atomic E-state index is 12.5. The van der Waals surface area contributed by atoms with E-state index < -0.39 is 6.10 Å². The molecule has 1 aromatic rings. The number of β-amino-alcohol motifs (C(OH)–C–C–N with tert-alkyl or cyclic N) is 1.